The molecule has 3 aliphatic carbocycles. The molecule has 0 saturated heterocycles. The molecule has 0 aliphatic heterocycles. The number of carbonyl (C=O) groups is 1. The molecule has 0 bridgehead atoms. The van der Waals surface area contributed by atoms with E-state index in [-0.39, 0.29) is 28.3 Å². The summed E-state index contributed by atoms with van der Waals surface area (Å²) in [5.74, 6) is 1.63. The fourth-order valence-electron chi connectivity index (χ4n) is 6.42. The predicted molar refractivity (Wildman–Crippen MR) is 89.4 cm³/mol. The third kappa shape index (κ3) is 2.13. The molecule has 0 spiro atoms. The summed E-state index contributed by atoms with van der Waals surface area (Å²) in [6, 6.07) is 0. The van der Waals surface area contributed by atoms with Crippen molar-refractivity contribution in [3.8, 4) is 0 Å². The Bertz CT molecular complexity index is 494. The summed E-state index contributed by atoms with van der Waals surface area (Å²) in [6.45, 7) is 12.9. The van der Waals surface area contributed by atoms with Crippen LogP contribution in [0.15, 0.2) is 12.7 Å². The second-order valence-corrected chi connectivity index (χ2v) is 9.45. The summed E-state index contributed by atoms with van der Waals surface area (Å²) in [5.41, 5.74) is -0.00614. The number of carbonyl (C=O) groups excluding carboxylic acids is 1. The molecule has 22 heavy (non-hydrogen) atoms. The Hall–Kier alpha value is -0.630. The van der Waals surface area contributed by atoms with Crippen molar-refractivity contribution in [1.29, 1.82) is 0 Å². The van der Waals surface area contributed by atoms with Crippen molar-refractivity contribution in [2.24, 2.45) is 34.0 Å². The number of fused-ring (bicyclic) bond motifs is 3. The first-order valence-corrected chi connectivity index (χ1v) is 8.98. The zero-order valence-electron chi connectivity index (χ0n) is 14.7. The van der Waals surface area contributed by atoms with Gasteiger partial charge in [0.15, 0.2) is 0 Å². The van der Waals surface area contributed by atoms with Crippen LogP contribution < -0.4 is 0 Å². The Balaban J connectivity index is 1.96. The van der Waals surface area contributed by atoms with Crippen LogP contribution >= 0.6 is 0 Å². The first kappa shape index (κ1) is 16.2. The molecule has 3 rings (SSSR count). The maximum Gasteiger partial charge on any atom is 0.137 e. The van der Waals surface area contributed by atoms with Crippen LogP contribution in [-0.2, 0) is 4.79 Å². The Morgan fingerprint density at radius 2 is 1.86 bits per heavy atom. The van der Waals surface area contributed by atoms with Crippen molar-refractivity contribution < 1.29 is 9.90 Å². The van der Waals surface area contributed by atoms with E-state index in [1.165, 1.54) is 0 Å². The summed E-state index contributed by atoms with van der Waals surface area (Å²) in [7, 11) is 0. The van der Waals surface area contributed by atoms with Crippen LogP contribution in [0.4, 0.5) is 0 Å². The van der Waals surface area contributed by atoms with Gasteiger partial charge in [0.05, 0.1) is 6.10 Å². The molecule has 3 saturated carbocycles. The zero-order chi connectivity index (χ0) is 16.3. The van der Waals surface area contributed by atoms with Crippen LogP contribution in [0.1, 0.15) is 66.2 Å². The highest BCUT2D eigenvalue weighted by Crippen LogP contribution is 2.64. The number of Topliss-reactive ketones (excluding diaryl/α,β-unsaturated/α-hetero) is 1. The van der Waals surface area contributed by atoms with Crippen LogP contribution in [0.3, 0.4) is 0 Å². The second kappa shape index (κ2) is 4.93. The average Bonchev–Trinajstić information content (AvgIpc) is 2.42. The third-order valence-electron chi connectivity index (χ3n) is 7.66. The van der Waals surface area contributed by atoms with E-state index in [9.17, 15) is 9.90 Å². The standard InChI is InChI=1S/C20H32O2/c1-6-19(4)11-13-7-8-15-18(2,3)16(22)9-10-20(15,5)17(13)14(21)12-19/h6,13,15-17,22H,1,7-12H2,2-5H3/t13-,15-,16-,17+,19+,20-/m0/s1. The van der Waals surface area contributed by atoms with Crippen molar-refractivity contribution in [2.45, 2.75) is 72.3 Å². The molecule has 124 valence electrons. The van der Waals surface area contributed by atoms with Crippen molar-refractivity contribution in [3.05, 3.63) is 12.7 Å². The van der Waals surface area contributed by atoms with Gasteiger partial charge in [0.1, 0.15) is 5.78 Å². The second-order valence-electron chi connectivity index (χ2n) is 9.45. The lowest BCUT2D eigenvalue weighted by molar-refractivity contribution is -0.173. The highest BCUT2D eigenvalue weighted by molar-refractivity contribution is 5.84. The number of allylic oxidation sites excluding steroid dienone is 1. The predicted octanol–water partition coefficient (Wildman–Crippen LogP) is 4.37. The molecule has 0 aromatic rings. The highest BCUT2D eigenvalue weighted by Gasteiger charge is 2.60. The molecule has 0 amide bonds. The first-order chi connectivity index (χ1) is 10.1. The van der Waals surface area contributed by atoms with Crippen LogP contribution in [0.5, 0.6) is 0 Å². The minimum atomic E-state index is -0.223. The number of ketones is 1. The Morgan fingerprint density at radius 1 is 1.18 bits per heavy atom. The summed E-state index contributed by atoms with van der Waals surface area (Å²) in [5, 5.41) is 10.5. The molecule has 3 aliphatic rings. The molecule has 2 nitrogen and oxygen atoms in total. The Kier molecular flexibility index (Phi) is 3.64. The fourth-order valence-corrected chi connectivity index (χ4v) is 6.42. The van der Waals surface area contributed by atoms with Gasteiger partial charge in [-0.1, -0.05) is 33.8 Å². The van der Waals surface area contributed by atoms with Gasteiger partial charge in [-0.25, -0.2) is 0 Å². The van der Waals surface area contributed by atoms with Crippen LogP contribution in [0.25, 0.3) is 0 Å². The molecule has 6 atom stereocenters. The normalized spacial score (nSPS) is 50.9. The topological polar surface area (TPSA) is 37.3 Å². The first-order valence-electron chi connectivity index (χ1n) is 8.98. The average molecular weight is 304 g/mol. The smallest absolute Gasteiger partial charge is 0.137 e. The SMILES string of the molecule is C=C[C@@]1(C)CC(=O)[C@H]2[C@@H](CC[C@H]3C(C)(C)[C@@H](O)CC[C@]23C)C1. The lowest BCUT2D eigenvalue weighted by Crippen LogP contribution is -2.59. The Morgan fingerprint density at radius 3 is 2.50 bits per heavy atom. The van der Waals surface area contributed by atoms with Gasteiger partial charge in [-0.2, -0.15) is 0 Å². The summed E-state index contributed by atoms with van der Waals surface area (Å²) < 4.78 is 0. The van der Waals surface area contributed by atoms with Gasteiger partial charge < -0.3 is 5.11 Å². The lowest BCUT2D eigenvalue weighted by atomic mass is 9.42. The molecule has 0 unspecified atom stereocenters. The molecule has 0 radical (unpaired) electrons. The Labute approximate surface area is 135 Å². The molecule has 1 N–H and O–H groups in total. The van der Waals surface area contributed by atoms with E-state index in [1.54, 1.807) is 0 Å². The minimum absolute atomic E-state index is 0.00878. The molecule has 3 fully saturated rings. The van der Waals surface area contributed by atoms with Crippen LogP contribution in [-0.4, -0.2) is 17.0 Å². The third-order valence-corrected chi connectivity index (χ3v) is 7.66. The van der Waals surface area contributed by atoms with E-state index < -0.39 is 0 Å². The largest absolute Gasteiger partial charge is 0.393 e. The van der Waals surface area contributed by atoms with Gasteiger partial charge in [0.25, 0.3) is 0 Å². The van der Waals surface area contributed by atoms with E-state index in [0.717, 1.165) is 32.1 Å². The number of hydrogen-bond acceptors (Lipinski definition) is 2. The van der Waals surface area contributed by atoms with Gasteiger partial charge in [-0.05, 0) is 60.2 Å². The van der Waals surface area contributed by atoms with Crippen LogP contribution in [0, 0.1) is 34.0 Å². The van der Waals surface area contributed by atoms with Gasteiger partial charge in [0, 0.05) is 12.3 Å². The van der Waals surface area contributed by atoms with Crippen molar-refractivity contribution in [3.63, 3.8) is 0 Å². The minimum Gasteiger partial charge on any atom is -0.393 e. The van der Waals surface area contributed by atoms with Crippen molar-refractivity contribution in [1.82, 2.24) is 0 Å². The molecule has 0 aromatic heterocycles. The zero-order valence-corrected chi connectivity index (χ0v) is 14.7. The van der Waals surface area contributed by atoms with Crippen molar-refractivity contribution >= 4 is 5.78 Å². The maximum absolute atomic E-state index is 13.0. The molecule has 0 heterocycles. The van der Waals surface area contributed by atoms with Gasteiger partial charge >= 0.3 is 0 Å². The summed E-state index contributed by atoms with van der Waals surface area (Å²) >= 11 is 0. The van der Waals surface area contributed by atoms with Gasteiger partial charge in [-0.3, -0.25) is 4.79 Å². The van der Waals surface area contributed by atoms with E-state index >= 15 is 0 Å². The van der Waals surface area contributed by atoms with Gasteiger partial charge in [-0.15, -0.1) is 6.58 Å². The number of hydrogen-bond donors (Lipinski definition) is 1. The molecular weight excluding hydrogens is 272 g/mol. The number of aliphatic hydroxyl groups excluding tert-OH is 1. The van der Waals surface area contributed by atoms with E-state index in [2.05, 4.69) is 34.3 Å². The monoisotopic (exact) mass is 304 g/mol. The highest BCUT2D eigenvalue weighted by atomic mass is 16.3. The number of aliphatic hydroxyl groups is 1. The number of rotatable bonds is 1. The fraction of sp³-hybridized carbons (Fsp3) is 0.850. The van der Waals surface area contributed by atoms with E-state index in [1.807, 2.05) is 6.08 Å². The summed E-state index contributed by atoms with van der Waals surface area (Å²) in [6.07, 6.45) is 7.68. The van der Waals surface area contributed by atoms with Crippen molar-refractivity contribution in [2.75, 3.05) is 0 Å². The molecule has 0 aromatic carbocycles. The maximum atomic E-state index is 13.0. The molecular formula is C20H32O2. The summed E-state index contributed by atoms with van der Waals surface area (Å²) in [4.78, 5) is 13.0. The van der Waals surface area contributed by atoms with E-state index in [4.69, 9.17) is 0 Å². The quantitative estimate of drug-likeness (QED) is 0.730. The lowest BCUT2D eigenvalue weighted by Gasteiger charge is -2.62. The van der Waals surface area contributed by atoms with Crippen LogP contribution in [0.2, 0.25) is 0 Å². The van der Waals surface area contributed by atoms with E-state index in [0.29, 0.717) is 24.0 Å². The molecule has 2 heteroatoms. The van der Waals surface area contributed by atoms with Gasteiger partial charge in [0.2, 0.25) is 0 Å².